The molecule has 0 bridgehead atoms. The summed E-state index contributed by atoms with van der Waals surface area (Å²) >= 11 is 0. The second kappa shape index (κ2) is 9.94. The number of carbonyl (C=O) groups is 1. The number of aromatic nitrogens is 2. The van der Waals surface area contributed by atoms with Gasteiger partial charge in [-0.1, -0.05) is 30.3 Å². The summed E-state index contributed by atoms with van der Waals surface area (Å²) in [7, 11) is 0. The first-order chi connectivity index (χ1) is 11.8. The topological polar surface area (TPSA) is 156 Å². The fourth-order valence-corrected chi connectivity index (χ4v) is 2.25. The zero-order chi connectivity index (χ0) is 16.8. The van der Waals surface area contributed by atoms with E-state index in [1.165, 1.54) is 0 Å². The van der Waals surface area contributed by atoms with Gasteiger partial charge in [0.1, 0.15) is 5.75 Å². The summed E-state index contributed by atoms with van der Waals surface area (Å²) in [5.74, 6) is 0.329. The largest absolute Gasteiger partial charge is 0.479 e. The molecule has 1 atom stereocenters. The van der Waals surface area contributed by atoms with Crippen LogP contribution in [0.4, 0.5) is 5.69 Å². The molecule has 138 valence electrons. The molecule has 8 N–H and O–H groups in total. The first-order valence-corrected chi connectivity index (χ1v) is 7.58. The van der Waals surface area contributed by atoms with Crippen molar-refractivity contribution in [3.05, 3.63) is 67.0 Å². The summed E-state index contributed by atoms with van der Waals surface area (Å²) < 4.78 is 5.63. The van der Waals surface area contributed by atoms with Crippen LogP contribution < -0.4 is 15.8 Å². The van der Waals surface area contributed by atoms with Gasteiger partial charge in [0.2, 0.25) is 0 Å². The van der Waals surface area contributed by atoms with Gasteiger partial charge in [-0.05, 0) is 29.8 Å². The van der Waals surface area contributed by atoms with Crippen LogP contribution in [-0.2, 0) is 4.79 Å². The second-order valence-corrected chi connectivity index (χ2v) is 5.21. The molecule has 1 unspecified atom stereocenters. The molecule has 8 nitrogen and oxygen atoms in total. The Bertz CT molecular complexity index is 777. The number of hydrogen-bond donors (Lipinski definition) is 3. The van der Waals surface area contributed by atoms with Gasteiger partial charge in [-0.3, -0.25) is 9.89 Å². The van der Waals surface area contributed by atoms with Crippen molar-refractivity contribution in [1.82, 2.24) is 10.2 Å². The van der Waals surface area contributed by atoms with Gasteiger partial charge in [-0.15, -0.1) is 0 Å². The van der Waals surface area contributed by atoms with Gasteiger partial charge >= 0.3 is 0 Å². The van der Waals surface area contributed by atoms with E-state index in [0.717, 1.165) is 11.1 Å². The fraction of sp³-hybridized carbons (Fsp3) is 0.111. The minimum atomic E-state index is -0.749. The van der Waals surface area contributed by atoms with Crippen LogP contribution >= 0.6 is 0 Å². The van der Waals surface area contributed by atoms with Crippen molar-refractivity contribution in [2.75, 3.05) is 11.9 Å². The molecule has 3 rings (SSSR count). The zero-order valence-corrected chi connectivity index (χ0v) is 14.0. The van der Waals surface area contributed by atoms with Gasteiger partial charge in [0.25, 0.3) is 5.91 Å². The number of nitrogens with one attached hydrogen (secondary N) is 2. The number of nitrogens with zero attached hydrogens (tertiary/aromatic N) is 1. The van der Waals surface area contributed by atoms with E-state index in [9.17, 15) is 4.79 Å². The third-order valence-corrected chi connectivity index (χ3v) is 3.51. The molecule has 1 heterocycles. The van der Waals surface area contributed by atoms with Crippen LogP contribution in [0.3, 0.4) is 0 Å². The van der Waals surface area contributed by atoms with Crippen molar-refractivity contribution in [3.8, 4) is 16.9 Å². The molecule has 8 heteroatoms. The highest BCUT2D eigenvalue weighted by molar-refractivity contribution is 5.94. The number of para-hydroxylation sites is 1. The molecular formula is C18H22N4O4. The zero-order valence-electron chi connectivity index (χ0n) is 14.0. The molecule has 2 aromatic carbocycles. The quantitative estimate of drug-likeness (QED) is 0.595. The van der Waals surface area contributed by atoms with E-state index in [1.54, 1.807) is 18.3 Å². The first kappa shape index (κ1) is 20.8. The summed E-state index contributed by atoms with van der Waals surface area (Å²) in [4.78, 5) is 12.3. The van der Waals surface area contributed by atoms with E-state index in [0.29, 0.717) is 11.4 Å². The standard InChI is InChI=1S/C18H18N4O2.2H2O/c19-10-17(24-16-4-2-1-3-5-16)18(23)22-15-8-6-13(7-9-15)14-11-20-21-12-14;;/h1-9,11-12,17H,10,19H2,(H,20,21)(H,22,23);2*1H2. The monoisotopic (exact) mass is 358 g/mol. The van der Waals surface area contributed by atoms with Gasteiger partial charge in [0.05, 0.1) is 6.20 Å². The van der Waals surface area contributed by atoms with Gasteiger partial charge in [0.15, 0.2) is 6.10 Å². The van der Waals surface area contributed by atoms with Crippen LogP contribution in [0.2, 0.25) is 0 Å². The van der Waals surface area contributed by atoms with Crippen LogP contribution in [0.1, 0.15) is 0 Å². The lowest BCUT2D eigenvalue weighted by molar-refractivity contribution is -0.122. The predicted molar refractivity (Wildman–Crippen MR) is 99.8 cm³/mol. The molecule has 0 fully saturated rings. The van der Waals surface area contributed by atoms with Crippen molar-refractivity contribution >= 4 is 11.6 Å². The van der Waals surface area contributed by atoms with Crippen molar-refractivity contribution in [2.45, 2.75) is 6.10 Å². The molecule has 0 saturated carbocycles. The van der Waals surface area contributed by atoms with Gasteiger partial charge in [-0.2, -0.15) is 5.10 Å². The molecule has 0 aliphatic carbocycles. The maximum absolute atomic E-state index is 12.3. The maximum Gasteiger partial charge on any atom is 0.266 e. The lowest BCUT2D eigenvalue weighted by Crippen LogP contribution is -2.39. The van der Waals surface area contributed by atoms with Crippen molar-refractivity contribution in [2.24, 2.45) is 5.73 Å². The first-order valence-electron chi connectivity index (χ1n) is 7.58. The number of aromatic amines is 1. The van der Waals surface area contributed by atoms with Gasteiger partial charge < -0.3 is 26.7 Å². The number of H-pyrrole nitrogens is 1. The Morgan fingerprint density at radius 1 is 1.08 bits per heavy atom. The van der Waals surface area contributed by atoms with E-state index < -0.39 is 6.10 Å². The third-order valence-electron chi connectivity index (χ3n) is 3.51. The Labute approximate surface area is 150 Å². The van der Waals surface area contributed by atoms with Crippen LogP contribution in [0.25, 0.3) is 11.1 Å². The molecular weight excluding hydrogens is 336 g/mol. The number of anilines is 1. The molecule has 3 aromatic rings. The lowest BCUT2D eigenvalue weighted by atomic mass is 10.1. The average molecular weight is 358 g/mol. The van der Waals surface area contributed by atoms with Crippen molar-refractivity contribution in [1.29, 1.82) is 0 Å². The van der Waals surface area contributed by atoms with Crippen LogP contribution in [0, 0.1) is 0 Å². The van der Waals surface area contributed by atoms with Gasteiger partial charge in [0, 0.05) is 24.0 Å². The molecule has 0 radical (unpaired) electrons. The molecule has 1 aromatic heterocycles. The lowest BCUT2D eigenvalue weighted by Gasteiger charge is -2.17. The molecule has 1 amide bonds. The van der Waals surface area contributed by atoms with E-state index in [-0.39, 0.29) is 23.4 Å². The van der Waals surface area contributed by atoms with Crippen LogP contribution in [0.5, 0.6) is 5.75 Å². The maximum atomic E-state index is 12.3. The molecule has 0 spiro atoms. The number of carbonyl (C=O) groups excluding carboxylic acids is 1. The average Bonchev–Trinajstić information content (AvgIpc) is 3.16. The van der Waals surface area contributed by atoms with E-state index in [4.69, 9.17) is 10.5 Å². The smallest absolute Gasteiger partial charge is 0.266 e. The fourth-order valence-electron chi connectivity index (χ4n) is 2.25. The number of benzene rings is 2. The highest BCUT2D eigenvalue weighted by atomic mass is 16.5. The van der Waals surface area contributed by atoms with Crippen molar-refractivity contribution < 1.29 is 20.5 Å². The van der Waals surface area contributed by atoms with Crippen molar-refractivity contribution in [3.63, 3.8) is 0 Å². The Morgan fingerprint density at radius 3 is 2.35 bits per heavy atom. The third kappa shape index (κ3) is 5.15. The Hall–Kier alpha value is -3.20. The number of nitrogens with two attached hydrogens (primary N) is 1. The van der Waals surface area contributed by atoms with Crippen LogP contribution in [-0.4, -0.2) is 39.7 Å². The highest BCUT2D eigenvalue weighted by Crippen LogP contribution is 2.20. The van der Waals surface area contributed by atoms with Gasteiger partial charge in [-0.25, -0.2) is 0 Å². The Balaban J connectivity index is 0.00000169. The molecule has 0 aliphatic rings. The number of hydrogen-bond acceptors (Lipinski definition) is 4. The van der Waals surface area contributed by atoms with E-state index >= 15 is 0 Å². The minimum Gasteiger partial charge on any atom is -0.479 e. The Kier molecular flexibility index (Phi) is 7.97. The Morgan fingerprint density at radius 2 is 1.77 bits per heavy atom. The molecule has 0 saturated heterocycles. The number of amides is 1. The van der Waals surface area contributed by atoms with Crippen LogP contribution in [0.15, 0.2) is 67.0 Å². The number of rotatable bonds is 6. The normalized spacial score (nSPS) is 10.8. The van der Waals surface area contributed by atoms with E-state index in [1.807, 2.05) is 48.7 Å². The SMILES string of the molecule is NCC(Oc1ccccc1)C(=O)Nc1ccc(-c2cn[nH]c2)cc1.O.O. The highest BCUT2D eigenvalue weighted by Gasteiger charge is 2.18. The van der Waals surface area contributed by atoms with E-state index in [2.05, 4.69) is 15.5 Å². The predicted octanol–water partition coefficient (Wildman–Crippen LogP) is 0.772. The summed E-state index contributed by atoms with van der Waals surface area (Å²) in [6.07, 6.45) is 2.80. The summed E-state index contributed by atoms with van der Waals surface area (Å²) in [5.41, 5.74) is 8.35. The second-order valence-electron chi connectivity index (χ2n) is 5.21. The summed E-state index contributed by atoms with van der Waals surface area (Å²) in [6.45, 7) is 0.0911. The number of ether oxygens (including phenoxy) is 1. The molecule has 0 aliphatic heterocycles. The molecule has 26 heavy (non-hydrogen) atoms. The summed E-state index contributed by atoms with van der Waals surface area (Å²) in [6, 6.07) is 16.6. The summed E-state index contributed by atoms with van der Waals surface area (Å²) in [5, 5.41) is 9.51. The minimum absolute atomic E-state index is 0.